The van der Waals surface area contributed by atoms with Crippen LogP contribution in [0.1, 0.15) is 65.7 Å². The van der Waals surface area contributed by atoms with Gasteiger partial charge >= 0.3 is 0 Å². The molecule has 0 radical (unpaired) electrons. The van der Waals surface area contributed by atoms with Crippen molar-refractivity contribution < 1.29 is 14.7 Å². The summed E-state index contributed by atoms with van der Waals surface area (Å²) in [6.45, 7) is 6.47. The molecule has 4 aliphatic carbocycles. The lowest BCUT2D eigenvalue weighted by atomic mass is 9.46. The minimum absolute atomic E-state index is 0.0656. The van der Waals surface area contributed by atoms with Gasteiger partial charge in [-0.15, -0.1) is 0 Å². The highest BCUT2D eigenvalue weighted by Crippen LogP contribution is 2.64. The summed E-state index contributed by atoms with van der Waals surface area (Å²) in [5.41, 5.74) is 0.891. The first kappa shape index (κ1) is 16.5. The van der Waals surface area contributed by atoms with Gasteiger partial charge in [-0.25, -0.2) is 0 Å². The van der Waals surface area contributed by atoms with Gasteiger partial charge < -0.3 is 5.11 Å². The second kappa shape index (κ2) is 5.27. The van der Waals surface area contributed by atoms with Crippen molar-refractivity contribution in [3.63, 3.8) is 0 Å². The lowest BCUT2D eigenvalue weighted by Crippen LogP contribution is -2.57. The average molecular weight is 330 g/mol. The quantitative estimate of drug-likeness (QED) is 0.797. The van der Waals surface area contributed by atoms with E-state index in [0.29, 0.717) is 30.5 Å². The molecule has 0 bridgehead atoms. The minimum atomic E-state index is -0.419. The van der Waals surface area contributed by atoms with Gasteiger partial charge in [-0.2, -0.15) is 0 Å². The molecule has 0 amide bonds. The van der Waals surface area contributed by atoms with Crippen molar-refractivity contribution in [1.82, 2.24) is 0 Å². The van der Waals surface area contributed by atoms with Gasteiger partial charge in [0.05, 0.1) is 6.10 Å². The maximum atomic E-state index is 12.5. The van der Waals surface area contributed by atoms with Crippen molar-refractivity contribution in [2.24, 2.45) is 34.5 Å². The molecule has 0 heterocycles. The third-order valence-corrected chi connectivity index (χ3v) is 8.26. The number of carbonyl (C=O) groups excluding carboxylic acids is 2. The number of allylic oxidation sites excluding steroid dienone is 1. The summed E-state index contributed by atoms with van der Waals surface area (Å²) in [6.07, 6.45) is 7.54. The van der Waals surface area contributed by atoms with E-state index in [4.69, 9.17) is 0 Å². The molecule has 3 fully saturated rings. The van der Waals surface area contributed by atoms with E-state index in [1.54, 1.807) is 0 Å². The zero-order chi connectivity index (χ0) is 17.3. The van der Waals surface area contributed by atoms with Crippen LogP contribution in [0.2, 0.25) is 0 Å². The molecule has 0 aromatic carbocycles. The van der Waals surface area contributed by atoms with Crippen LogP contribution in [0, 0.1) is 34.5 Å². The number of hydrogen-bond donors (Lipinski definition) is 1. The number of hydrogen-bond acceptors (Lipinski definition) is 3. The Morgan fingerprint density at radius 1 is 1.12 bits per heavy atom. The Bertz CT molecular complexity index is 621. The number of aliphatic hydroxyl groups is 1. The average Bonchev–Trinajstić information content (AvgIpc) is 2.82. The molecule has 0 aliphatic heterocycles. The fourth-order valence-electron chi connectivity index (χ4n) is 7.00. The predicted molar refractivity (Wildman–Crippen MR) is 92.3 cm³/mol. The summed E-state index contributed by atoms with van der Waals surface area (Å²) in [5, 5.41) is 11.1. The molecule has 7 atom stereocenters. The van der Waals surface area contributed by atoms with Gasteiger partial charge in [-0.05, 0) is 67.8 Å². The van der Waals surface area contributed by atoms with E-state index < -0.39 is 6.10 Å². The van der Waals surface area contributed by atoms with Gasteiger partial charge in [-0.1, -0.05) is 26.3 Å². The molecule has 0 spiro atoms. The number of aliphatic hydroxyl groups excluding tert-OH is 1. The van der Waals surface area contributed by atoms with Gasteiger partial charge in [0.1, 0.15) is 5.78 Å². The molecule has 3 heteroatoms. The predicted octanol–water partition coefficient (Wildman–Crippen LogP) is 3.69. The van der Waals surface area contributed by atoms with Crippen LogP contribution in [0.25, 0.3) is 0 Å². The largest absolute Gasteiger partial charge is 0.393 e. The molecule has 1 N–H and O–H groups in total. The number of Topliss-reactive ketones (excluding diaryl/α,β-unsaturated/α-hetero) is 1. The Morgan fingerprint density at radius 3 is 2.58 bits per heavy atom. The number of rotatable bonds is 1. The summed E-state index contributed by atoms with van der Waals surface area (Å²) in [7, 11) is 0. The smallest absolute Gasteiger partial charge is 0.158 e. The highest BCUT2D eigenvalue weighted by atomic mass is 16.3. The molecule has 1 unspecified atom stereocenters. The number of carbonyl (C=O) groups is 2. The van der Waals surface area contributed by atoms with E-state index in [-0.39, 0.29) is 28.4 Å². The lowest BCUT2D eigenvalue weighted by molar-refractivity contribution is -0.148. The Hall–Kier alpha value is -0.960. The molecule has 0 aromatic rings. The second-order valence-electron chi connectivity index (χ2n) is 9.28. The van der Waals surface area contributed by atoms with Crippen LogP contribution in [-0.4, -0.2) is 22.8 Å². The van der Waals surface area contributed by atoms with Crippen molar-refractivity contribution in [3.8, 4) is 0 Å². The lowest BCUT2D eigenvalue weighted by Gasteiger charge is -2.59. The van der Waals surface area contributed by atoms with Crippen LogP contribution in [0.15, 0.2) is 11.6 Å². The Morgan fingerprint density at radius 2 is 1.88 bits per heavy atom. The van der Waals surface area contributed by atoms with E-state index in [1.807, 2.05) is 6.08 Å². The molecule has 0 aromatic heterocycles. The topological polar surface area (TPSA) is 54.4 Å². The van der Waals surface area contributed by atoms with E-state index in [2.05, 4.69) is 20.8 Å². The van der Waals surface area contributed by atoms with Crippen molar-refractivity contribution in [3.05, 3.63) is 11.6 Å². The molecular formula is C21H30O3. The van der Waals surface area contributed by atoms with E-state index in [0.717, 1.165) is 32.1 Å². The van der Waals surface area contributed by atoms with Crippen molar-refractivity contribution in [2.75, 3.05) is 0 Å². The van der Waals surface area contributed by atoms with Crippen LogP contribution in [0.3, 0.4) is 0 Å². The van der Waals surface area contributed by atoms with Gasteiger partial charge in [0.15, 0.2) is 5.78 Å². The first-order valence-corrected chi connectivity index (χ1v) is 9.77. The van der Waals surface area contributed by atoms with E-state index >= 15 is 0 Å². The SMILES string of the molecule is CCC1C[C@@]2(C)C(=CC1=O)CC[C@@H]1[C@@H]2[C@@H](O)C[C@]2(C)C(=O)CC[C@@H]12. The third kappa shape index (κ3) is 2.00. The van der Waals surface area contributed by atoms with Crippen LogP contribution in [0.4, 0.5) is 0 Å². The normalized spacial score (nSPS) is 50.8. The molecule has 0 saturated heterocycles. The number of ketones is 2. The number of fused-ring (bicyclic) bond motifs is 5. The van der Waals surface area contributed by atoms with Crippen LogP contribution >= 0.6 is 0 Å². The summed E-state index contributed by atoms with van der Waals surface area (Å²) in [5.74, 6) is 1.82. The molecule has 24 heavy (non-hydrogen) atoms. The molecule has 132 valence electrons. The summed E-state index contributed by atoms with van der Waals surface area (Å²) in [4.78, 5) is 24.8. The highest BCUT2D eigenvalue weighted by Gasteiger charge is 2.62. The van der Waals surface area contributed by atoms with Crippen LogP contribution in [0.5, 0.6) is 0 Å². The first-order valence-electron chi connectivity index (χ1n) is 9.77. The monoisotopic (exact) mass is 330 g/mol. The first-order chi connectivity index (χ1) is 11.3. The Labute approximate surface area is 144 Å². The standard InChI is InChI=1S/C21H30O3/c1-4-12-10-20(2)13(9-16(12)22)5-6-14-15-7-8-18(24)21(15,3)11-17(23)19(14)20/h9,12,14-15,17,19,23H,4-8,10-11H2,1-3H3/t12?,14-,15-,17-,19+,20-,21-/m0/s1. The van der Waals surface area contributed by atoms with Gasteiger partial charge in [0.25, 0.3) is 0 Å². The van der Waals surface area contributed by atoms with E-state index in [9.17, 15) is 14.7 Å². The molecule has 3 saturated carbocycles. The summed E-state index contributed by atoms with van der Waals surface area (Å²) >= 11 is 0. The van der Waals surface area contributed by atoms with Gasteiger partial charge in [0, 0.05) is 17.8 Å². The fraction of sp³-hybridized carbons (Fsp3) is 0.810. The van der Waals surface area contributed by atoms with Crippen molar-refractivity contribution in [1.29, 1.82) is 0 Å². The molecule has 3 nitrogen and oxygen atoms in total. The van der Waals surface area contributed by atoms with Gasteiger partial charge in [0.2, 0.25) is 0 Å². The summed E-state index contributed by atoms with van der Waals surface area (Å²) < 4.78 is 0. The third-order valence-electron chi connectivity index (χ3n) is 8.26. The van der Waals surface area contributed by atoms with E-state index in [1.165, 1.54) is 5.57 Å². The Balaban J connectivity index is 1.75. The van der Waals surface area contributed by atoms with Crippen molar-refractivity contribution >= 4 is 11.6 Å². The highest BCUT2D eigenvalue weighted by molar-refractivity contribution is 5.93. The molecular weight excluding hydrogens is 300 g/mol. The maximum absolute atomic E-state index is 12.5. The zero-order valence-electron chi connectivity index (χ0n) is 15.2. The van der Waals surface area contributed by atoms with Crippen LogP contribution in [-0.2, 0) is 9.59 Å². The molecule has 4 rings (SSSR count). The molecule has 4 aliphatic rings. The maximum Gasteiger partial charge on any atom is 0.158 e. The van der Waals surface area contributed by atoms with Crippen LogP contribution < -0.4 is 0 Å². The van der Waals surface area contributed by atoms with Gasteiger partial charge in [-0.3, -0.25) is 9.59 Å². The Kier molecular flexibility index (Phi) is 3.62. The second-order valence-corrected chi connectivity index (χ2v) is 9.28. The fourth-order valence-corrected chi connectivity index (χ4v) is 7.00. The van der Waals surface area contributed by atoms with Crippen molar-refractivity contribution in [2.45, 2.75) is 71.8 Å². The zero-order valence-corrected chi connectivity index (χ0v) is 15.2. The minimum Gasteiger partial charge on any atom is -0.393 e. The summed E-state index contributed by atoms with van der Waals surface area (Å²) in [6, 6.07) is 0.